The van der Waals surface area contributed by atoms with Crippen LogP contribution in [-0.4, -0.2) is 75.0 Å². The van der Waals surface area contributed by atoms with Gasteiger partial charge in [-0.15, -0.1) is 0 Å². The van der Waals surface area contributed by atoms with Gasteiger partial charge in [-0.05, 0) is 133 Å². The molecular formula is C54H30N6O9. The van der Waals surface area contributed by atoms with Crippen LogP contribution in [0.1, 0.15) is 104 Å². The van der Waals surface area contributed by atoms with Crippen molar-refractivity contribution in [3.05, 3.63) is 201 Å². The molecule has 12 rings (SSSR count). The molecule has 0 radical (unpaired) electrons. The lowest BCUT2D eigenvalue weighted by Crippen LogP contribution is -2.30. The summed E-state index contributed by atoms with van der Waals surface area (Å²) in [6.07, 6.45) is 0. The molecule has 0 aliphatic carbocycles. The lowest BCUT2D eigenvalue weighted by molar-refractivity contribution is 0.0690. The molecule has 1 aromatic heterocycles. The quantitative estimate of drug-likeness (QED) is 0.121. The van der Waals surface area contributed by atoms with Gasteiger partial charge in [-0.3, -0.25) is 48.1 Å². The van der Waals surface area contributed by atoms with E-state index in [1.807, 2.05) is 25.1 Å². The Bertz CT molecular complexity index is 3800. The third-order valence-electron chi connectivity index (χ3n) is 13.0. The van der Waals surface area contributed by atoms with Crippen molar-refractivity contribution in [2.45, 2.75) is 6.92 Å². The van der Waals surface area contributed by atoms with Crippen molar-refractivity contribution in [1.29, 1.82) is 0 Å². The lowest BCUT2D eigenvalue weighted by atomic mass is 9.96. The van der Waals surface area contributed by atoms with Crippen molar-refractivity contribution < 1.29 is 43.2 Å². The van der Waals surface area contributed by atoms with E-state index in [2.05, 4.69) is 9.97 Å². The number of hydrogen-bond acceptors (Lipinski definition) is 10. The number of rotatable bonds is 7. The van der Waals surface area contributed by atoms with Gasteiger partial charge in [0.25, 0.3) is 47.3 Å². The first kappa shape index (κ1) is 40.7. The number of amides is 8. The molecule has 8 aromatic rings. The maximum absolute atomic E-state index is 13.9. The molecule has 0 unspecified atom stereocenters. The van der Waals surface area contributed by atoms with E-state index in [0.717, 1.165) is 41.8 Å². The summed E-state index contributed by atoms with van der Waals surface area (Å²) in [4.78, 5) is 133. The summed E-state index contributed by atoms with van der Waals surface area (Å²) in [5, 5.41) is 0. The van der Waals surface area contributed by atoms with Crippen LogP contribution in [0.4, 0.5) is 17.1 Å². The average molecular weight is 907 g/mol. The largest absolute Gasteiger partial charge is 0.338 e. The van der Waals surface area contributed by atoms with Gasteiger partial charge in [-0.2, -0.15) is 0 Å². The molecule has 8 amide bonds. The normalized spacial score (nSPS) is 15.0. The van der Waals surface area contributed by atoms with Crippen molar-refractivity contribution >= 4 is 81.1 Å². The predicted molar refractivity (Wildman–Crippen MR) is 251 cm³/mol. The number of imidazole rings is 1. The number of benzene rings is 7. The summed E-state index contributed by atoms with van der Waals surface area (Å²) in [6, 6.07) is 36.3. The minimum atomic E-state index is -0.707. The highest BCUT2D eigenvalue weighted by Crippen LogP contribution is 2.37. The Morgan fingerprint density at radius 2 is 0.783 bits per heavy atom. The van der Waals surface area contributed by atoms with Gasteiger partial charge in [0, 0.05) is 23.7 Å². The van der Waals surface area contributed by atoms with Crippen LogP contribution in [-0.2, 0) is 0 Å². The predicted octanol–water partition coefficient (Wildman–Crippen LogP) is 8.06. The first-order chi connectivity index (χ1) is 33.2. The van der Waals surface area contributed by atoms with Crippen LogP contribution >= 0.6 is 0 Å². The number of anilines is 3. The fourth-order valence-electron chi connectivity index (χ4n) is 9.37. The van der Waals surface area contributed by atoms with E-state index in [1.54, 1.807) is 54.6 Å². The number of H-pyrrole nitrogens is 1. The smallest absolute Gasteiger partial charge is 0.266 e. The molecule has 5 heterocycles. The van der Waals surface area contributed by atoms with Crippen LogP contribution in [0.15, 0.2) is 140 Å². The molecule has 0 bridgehead atoms. The van der Waals surface area contributed by atoms with E-state index >= 15 is 0 Å². The number of aryl methyl sites for hydroxylation is 1. The molecule has 330 valence electrons. The Kier molecular flexibility index (Phi) is 8.63. The highest BCUT2D eigenvalue weighted by atomic mass is 16.2. The summed E-state index contributed by atoms with van der Waals surface area (Å²) in [5.74, 6) is -4.46. The summed E-state index contributed by atoms with van der Waals surface area (Å²) in [5.41, 5.74) is 6.48. The first-order valence-electron chi connectivity index (χ1n) is 21.5. The van der Waals surface area contributed by atoms with Crippen LogP contribution in [0, 0.1) is 6.92 Å². The molecule has 1 N–H and O–H groups in total. The summed E-state index contributed by atoms with van der Waals surface area (Å²) < 4.78 is 0. The second kappa shape index (κ2) is 14.6. The fourth-order valence-corrected chi connectivity index (χ4v) is 9.37. The van der Waals surface area contributed by atoms with E-state index in [-0.39, 0.29) is 67.0 Å². The second-order valence-corrected chi connectivity index (χ2v) is 17.0. The van der Waals surface area contributed by atoms with Crippen molar-refractivity contribution in [2.24, 2.45) is 0 Å². The SMILES string of the molecule is Cc1ccc2[nH]c(-c3ccc(N4C(=O)c5ccc(C(=O)c6ccc7c(c6)C(=O)N(c6ccc(N8C(=O)c9ccc(-c%10ccc%11c(c%10)C(=O)N(C)C%11=O)cc9C8=O)cc6)C7=O)cc5C4=O)cc3)nc2c1. The van der Waals surface area contributed by atoms with E-state index < -0.39 is 53.0 Å². The minimum absolute atomic E-state index is 0.0303. The van der Waals surface area contributed by atoms with Gasteiger partial charge in [0.1, 0.15) is 5.82 Å². The van der Waals surface area contributed by atoms with E-state index in [0.29, 0.717) is 22.6 Å². The van der Waals surface area contributed by atoms with Crippen LogP contribution in [0.3, 0.4) is 0 Å². The van der Waals surface area contributed by atoms with Gasteiger partial charge in [0.05, 0.1) is 72.6 Å². The monoisotopic (exact) mass is 906 g/mol. The van der Waals surface area contributed by atoms with E-state index in [9.17, 15) is 43.2 Å². The molecule has 69 heavy (non-hydrogen) atoms. The van der Waals surface area contributed by atoms with Gasteiger partial charge in [-0.25, -0.2) is 19.7 Å². The fraction of sp³-hybridized carbons (Fsp3) is 0.0370. The molecule has 0 spiro atoms. The number of nitrogens with one attached hydrogen (secondary N) is 1. The highest BCUT2D eigenvalue weighted by molar-refractivity contribution is 6.37. The van der Waals surface area contributed by atoms with Gasteiger partial charge in [0.2, 0.25) is 0 Å². The summed E-state index contributed by atoms with van der Waals surface area (Å²) in [6.45, 7) is 1.98. The third kappa shape index (κ3) is 6.00. The number of aromatic amines is 1. The number of fused-ring (bicyclic) bond motifs is 5. The maximum atomic E-state index is 13.9. The van der Waals surface area contributed by atoms with E-state index in [1.165, 1.54) is 73.8 Å². The Morgan fingerprint density at radius 1 is 0.406 bits per heavy atom. The molecule has 15 nitrogen and oxygen atoms in total. The van der Waals surface area contributed by atoms with Gasteiger partial charge in [-0.1, -0.05) is 30.3 Å². The van der Waals surface area contributed by atoms with Crippen molar-refractivity contribution in [2.75, 3.05) is 21.7 Å². The number of hydrogen-bond donors (Lipinski definition) is 1. The molecule has 0 fully saturated rings. The van der Waals surface area contributed by atoms with Crippen LogP contribution in [0.2, 0.25) is 0 Å². The zero-order chi connectivity index (χ0) is 47.7. The number of aromatic nitrogens is 2. The number of nitrogens with zero attached hydrogens (tertiary/aromatic N) is 5. The topological polar surface area (TPSA) is 195 Å². The standard InChI is InChI=1S/C54H30N6O9/c1-26-3-20-43-44(21-26)56-46(55-43)27-4-10-32(11-5-27)58-50(65)37-18-8-30(24-41(37)53(58)68)45(61)31-9-19-38-42(25-31)54(69)60(51(38)66)34-14-12-33(13-15-34)59-49(64)36-17-7-29(23-40(36)52(59)67)28-6-16-35-39(22-28)48(63)57(2)47(35)62/h3-25H,1-2H3,(H,55,56). The molecule has 7 aromatic carbocycles. The Labute approximate surface area is 389 Å². The molecule has 4 aliphatic rings. The number of carbonyl (C=O) groups excluding carboxylic acids is 9. The molecule has 0 saturated heterocycles. The third-order valence-corrected chi connectivity index (χ3v) is 13.0. The van der Waals surface area contributed by atoms with Crippen molar-refractivity contribution in [3.63, 3.8) is 0 Å². The van der Waals surface area contributed by atoms with Crippen LogP contribution < -0.4 is 14.7 Å². The first-order valence-corrected chi connectivity index (χ1v) is 21.5. The molecular weight excluding hydrogens is 877 g/mol. The number of carbonyl (C=O) groups is 9. The van der Waals surface area contributed by atoms with E-state index in [4.69, 9.17) is 0 Å². The average Bonchev–Trinajstić information content (AvgIpc) is 4.10. The molecule has 0 saturated carbocycles. The van der Waals surface area contributed by atoms with Crippen molar-refractivity contribution in [3.8, 4) is 22.5 Å². The summed E-state index contributed by atoms with van der Waals surface area (Å²) >= 11 is 0. The Balaban J connectivity index is 0.749. The number of imide groups is 4. The van der Waals surface area contributed by atoms with Gasteiger partial charge in [0.15, 0.2) is 5.78 Å². The molecule has 4 aliphatic heterocycles. The number of ketones is 1. The molecule has 0 atom stereocenters. The van der Waals surface area contributed by atoms with Crippen LogP contribution in [0.5, 0.6) is 0 Å². The zero-order valence-corrected chi connectivity index (χ0v) is 36.2. The lowest BCUT2D eigenvalue weighted by Gasteiger charge is -2.17. The molecule has 15 heteroatoms. The zero-order valence-electron chi connectivity index (χ0n) is 36.2. The highest BCUT2D eigenvalue weighted by Gasteiger charge is 2.41. The van der Waals surface area contributed by atoms with Crippen molar-refractivity contribution in [1.82, 2.24) is 14.9 Å². The Morgan fingerprint density at radius 3 is 1.28 bits per heavy atom. The summed E-state index contributed by atoms with van der Waals surface area (Å²) in [7, 11) is 1.40. The van der Waals surface area contributed by atoms with Gasteiger partial charge < -0.3 is 4.98 Å². The van der Waals surface area contributed by atoms with Crippen LogP contribution in [0.25, 0.3) is 33.5 Å². The maximum Gasteiger partial charge on any atom is 0.266 e. The minimum Gasteiger partial charge on any atom is -0.338 e. The second-order valence-electron chi connectivity index (χ2n) is 17.0. The Hall–Kier alpha value is -9.76. The van der Waals surface area contributed by atoms with Gasteiger partial charge >= 0.3 is 0 Å².